The highest BCUT2D eigenvalue weighted by molar-refractivity contribution is 6.08. The Morgan fingerprint density at radius 3 is 2.10 bits per heavy atom. The predicted octanol–water partition coefficient (Wildman–Crippen LogP) is 2.34. The Morgan fingerprint density at radius 1 is 1.00 bits per heavy atom. The fourth-order valence-corrected chi connectivity index (χ4v) is 1.86. The average Bonchev–Trinajstić information content (AvgIpc) is 2.53. The number of ether oxygens (including phenoxy) is 3. The van der Waals surface area contributed by atoms with Crippen molar-refractivity contribution in [2.45, 2.75) is 0 Å². The van der Waals surface area contributed by atoms with Gasteiger partial charge in [0.2, 0.25) is 11.5 Å². The maximum Gasteiger partial charge on any atom is 0.211 e. The van der Waals surface area contributed by atoms with Crippen LogP contribution in [0.2, 0.25) is 0 Å². The molecule has 1 aromatic heterocycles. The molecular weight excluding hydrogens is 258 g/mol. The number of pyridine rings is 1. The predicted molar refractivity (Wildman–Crippen MR) is 73.8 cm³/mol. The molecule has 0 saturated carbocycles. The van der Waals surface area contributed by atoms with Crippen molar-refractivity contribution < 1.29 is 19.0 Å². The summed E-state index contributed by atoms with van der Waals surface area (Å²) in [5.41, 5.74) is 0.792. The number of ketones is 1. The number of methoxy groups -OCH3 is 3. The van der Waals surface area contributed by atoms with Gasteiger partial charge in [-0.15, -0.1) is 0 Å². The summed E-state index contributed by atoms with van der Waals surface area (Å²) in [5, 5.41) is 0. The maximum absolute atomic E-state index is 12.4. The fourth-order valence-electron chi connectivity index (χ4n) is 1.86. The minimum Gasteiger partial charge on any atom is -0.493 e. The normalized spacial score (nSPS) is 9.95. The molecule has 0 aliphatic rings. The van der Waals surface area contributed by atoms with E-state index in [0.717, 1.165) is 0 Å². The molecular formula is C15H15NO4. The summed E-state index contributed by atoms with van der Waals surface area (Å²) in [7, 11) is 4.53. The lowest BCUT2D eigenvalue weighted by molar-refractivity contribution is 0.103. The van der Waals surface area contributed by atoms with E-state index in [1.54, 1.807) is 36.5 Å². The first-order valence-corrected chi connectivity index (χ1v) is 5.97. The summed E-state index contributed by atoms with van der Waals surface area (Å²) in [6.07, 6.45) is 1.57. The number of benzene rings is 1. The Morgan fingerprint density at radius 2 is 1.65 bits per heavy atom. The molecule has 0 fully saturated rings. The largest absolute Gasteiger partial charge is 0.493 e. The van der Waals surface area contributed by atoms with Crippen molar-refractivity contribution in [1.29, 1.82) is 0 Å². The lowest BCUT2D eigenvalue weighted by Gasteiger charge is -2.13. The van der Waals surface area contributed by atoms with Gasteiger partial charge in [-0.25, -0.2) is 0 Å². The van der Waals surface area contributed by atoms with Gasteiger partial charge in [-0.05, 0) is 24.3 Å². The number of carbonyl (C=O) groups excluding carboxylic acids is 1. The minimum absolute atomic E-state index is 0.204. The van der Waals surface area contributed by atoms with Crippen LogP contribution in [0.4, 0.5) is 0 Å². The van der Waals surface area contributed by atoms with Crippen LogP contribution in [0.15, 0.2) is 36.5 Å². The summed E-state index contributed by atoms with van der Waals surface area (Å²) in [5.74, 6) is 1.12. The van der Waals surface area contributed by atoms with Crippen molar-refractivity contribution >= 4 is 5.78 Å². The molecule has 2 aromatic rings. The van der Waals surface area contributed by atoms with Gasteiger partial charge in [0.05, 0.1) is 21.3 Å². The molecule has 0 atom stereocenters. The van der Waals surface area contributed by atoms with Gasteiger partial charge < -0.3 is 14.2 Å². The Labute approximate surface area is 117 Å². The lowest BCUT2D eigenvalue weighted by atomic mass is 10.1. The van der Waals surface area contributed by atoms with Gasteiger partial charge >= 0.3 is 0 Å². The molecule has 0 bridgehead atoms. The molecule has 0 spiro atoms. The van der Waals surface area contributed by atoms with Gasteiger partial charge in [-0.2, -0.15) is 0 Å². The third-order valence-corrected chi connectivity index (χ3v) is 2.82. The monoisotopic (exact) mass is 273 g/mol. The number of rotatable bonds is 5. The van der Waals surface area contributed by atoms with Gasteiger partial charge in [-0.3, -0.25) is 9.78 Å². The standard InChI is InChI=1S/C15H15NO4/c1-18-12-8-10(9-13(19-2)15(12)20-3)14(17)11-6-4-5-7-16-11/h4-9H,1-3H3. The Bertz CT molecular complexity index is 586. The molecule has 5 heteroatoms. The van der Waals surface area contributed by atoms with Crippen LogP contribution in [0.3, 0.4) is 0 Å². The SMILES string of the molecule is COc1cc(C(=O)c2ccccn2)cc(OC)c1OC. The third-order valence-electron chi connectivity index (χ3n) is 2.82. The van der Waals surface area contributed by atoms with E-state index in [2.05, 4.69) is 4.98 Å². The topological polar surface area (TPSA) is 57.7 Å². The number of carbonyl (C=O) groups is 1. The third kappa shape index (κ3) is 2.56. The van der Waals surface area contributed by atoms with Gasteiger partial charge in [-0.1, -0.05) is 6.07 Å². The fraction of sp³-hybridized carbons (Fsp3) is 0.200. The quantitative estimate of drug-likeness (QED) is 0.783. The smallest absolute Gasteiger partial charge is 0.211 e. The van der Waals surface area contributed by atoms with E-state index in [4.69, 9.17) is 14.2 Å². The van der Waals surface area contributed by atoms with Crippen LogP contribution < -0.4 is 14.2 Å². The number of aromatic nitrogens is 1. The molecule has 0 aliphatic carbocycles. The minimum atomic E-state index is -0.204. The Balaban J connectivity index is 2.50. The van der Waals surface area contributed by atoms with E-state index in [1.165, 1.54) is 21.3 Å². The summed E-state index contributed by atoms with van der Waals surface area (Å²) >= 11 is 0. The van der Waals surface area contributed by atoms with Crippen LogP contribution in [0.5, 0.6) is 17.2 Å². The molecule has 1 aromatic carbocycles. The van der Waals surface area contributed by atoms with Crippen molar-refractivity contribution in [1.82, 2.24) is 4.98 Å². The van der Waals surface area contributed by atoms with E-state index < -0.39 is 0 Å². The maximum atomic E-state index is 12.4. The summed E-state index contributed by atoms with van der Waals surface area (Å²) < 4.78 is 15.7. The highest BCUT2D eigenvalue weighted by atomic mass is 16.5. The molecule has 5 nitrogen and oxygen atoms in total. The first-order valence-electron chi connectivity index (χ1n) is 5.97. The second-order valence-electron chi connectivity index (χ2n) is 3.96. The van der Waals surface area contributed by atoms with Crippen LogP contribution in [0.25, 0.3) is 0 Å². The molecule has 0 aliphatic heterocycles. The molecule has 2 rings (SSSR count). The van der Waals surface area contributed by atoms with Gasteiger partial charge in [0.1, 0.15) is 5.69 Å². The molecule has 0 unspecified atom stereocenters. The van der Waals surface area contributed by atoms with Crippen molar-refractivity contribution in [3.8, 4) is 17.2 Å². The van der Waals surface area contributed by atoms with Crippen LogP contribution in [0, 0.1) is 0 Å². The zero-order valence-corrected chi connectivity index (χ0v) is 11.5. The first kappa shape index (κ1) is 13.9. The molecule has 104 valence electrons. The van der Waals surface area contributed by atoms with Crippen LogP contribution in [0.1, 0.15) is 16.1 Å². The number of hydrogen-bond acceptors (Lipinski definition) is 5. The molecule has 0 saturated heterocycles. The number of nitrogens with zero attached hydrogens (tertiary/aromatic N) is 1. The molecule has 0 radical (unpaired) electrons. The van der Waals surface area contributed by atoms with Crippen LogP contribution in [-0.4, -0.2) is 32.1 Å². The van der Waals surface area contributed by atoms with E-state index in [-0.39, 0.29) is 5.78 Å². The highest BCUT2D eigenvalue weighted by Gasteiger charge is 2.18. The van der Waals surface area contributed by atoms with Crippen molar-refractivity contribution in [2.75, 3.05) is 21.3 Å². The summed E-state index contributed by atoms with van der Waals surface area (Å²) in [6.45, 7) is 0. The molecule has 0 amide bonds. The second-order valence-corrected chi connectivity index (χ2v) is 3.96. The van der Waals surface area contributed by atoms with Gasteiger partial charge in [0, 0.05) is 11.8 Å². The average molecular weight is 273 g/mol. The van der Waals surface area contributed by atoms with Gasteiger partial charge in [0.15, 0.2) is 11.5 Å². The van der Waals surface area contributed by atoms with Crippen molar-refractivity contribution in [2.24, 2.45) is 0 Å². The van der Waals surface area contributed by atoms with Gasteiger partial charge in [0.25, 0.3) is 0 Å². The Kier molecular flexibility index (Phi) is 4.20. The highest BCUT2D eigenvalue weighted by Crippen LogP contribution is 2.38. The van der Waals surface area contributed by atoms with Crippen LogP contribution in [-0.2, 0) is 0 Å². The van der Waals surface area contributed by atoms with Crippen LogP contribution >= 0.6 is 0 Å². The lowest BCUT2D eigenvalue weighted by Crippen LogP contribution is -2.05. The molecule has 20 heavy (non-hydrogen) atoms. The van der Waals surface area contributed by atoms with E-state index >= 15 is 0 Å². The molecule has 0 N–H and O–H groups in total. The summed E-state index contributed by atoms with van der Waals surface area (Å²) in [4.78, 5) is 16.4. The van der Waals surface area contributed by atoms with E-state index in [1.807, 2.05) is 0 Å². The summed E-state index contributed by atoms with van der Waals surface area (Å²) in [6, 6.07) is 8.40. The number of hydrogen-bond donors (Lipinski definition) is 0. The molecule has 1 heterocycles. The van der Waals surface area contributed by atoms with Crippen molar-refractivity contribution in [3.63, 3.8) is 0 Å². The van der Waals surface area contributed by atoms with E-state index in [0.29, 0.717) is 28.5 Å². The zero-order chi connectivity index (χ0) is 14.5. The second kappa shape index (κ2) is 6.06. The van der Waals surface area contributed by atoms with E-state index in [9.17, 15) is 4.79 Å². The Hall–Kier alpha value is -2.56. The zero-order valence-electron chi connectivity index (χ0n) is 11.5. The van der Waals surface area contributed by atoms with Crippen molar-refractivity contribution in [3.05, 3.63) is 47.8 Å². The first-order chi connectivity index (χ1) is 9.71.